The second-order valence-corrected chi connectivity index (χ2v) is 36.9. The van der Waals surface area contributed by atoms with Gasteiger partial charge in [0.25, 0.3) is 0 Å². The van der Waals surface area contributed by atoms with Crippen LogP contribution in [-0.4, -0.2) is 391 Å². The minimum atomic E-state index is -1.70. The number of carbonyl (C=O) groups is 10. The van der Waals surface area contributed by atoms with Crippen molar-refractivity contribution in [2.75, 3.05) is 90.5 Å². The standard InChI is InChI=1S/C82H132N6O35S2/c1-41-13-11-19-47(71(41)122-81-69(103)67(101)63(97)43(3)114-81)118-79-61(73(65(99)51(37-89)120-79)116-49(77(107)108)33-45-15-7-5-8-16-45)85-57(93)39-124-53-35-59(95)87(75(53)105)25-21-55(91)83-23-27-111-29-31-113-32-30-112-28-24-84-56(92)22-26-88-60(96)36-54(76(88)106)125-40-58(94)86-62-74(117-50(78(109)110)34-46-17-9-6-10-18-46)66(100)52(38-90)121-80(62)119-48-20-12-14-42(2)72(48)123-82-70(104)68(102)64(98)44(4)115-82/h41-54,61-74,79-82,89-90,97-104H,5-40H2,1-4H3,(H,83,91)(H,84,92)(H,85,93)(H,86,94)(H,107,108)(H,109,110)/t41?,42?,43?,44?,47-,48-,49+,50+,51?,52?,53?,54?,61?,62?,63-,64-,65+,66+,67?,68?,69?,70?,71?,72?,73?,74?,79-,80-,81+,82+/m1/s1. The summed E-state index contributed by atoms with van der Waals surface area (Å²) in [7, 11) is 0. The zero-order valence-electron chi connectivity index (χ0n) is 71.4. The molecular formula is C82H132N6O35S2. The Labute approximate surface area is 734 Å². The Balaban J connectivity index is 0.603. The van der Waals surface area contributed by atoms with Crippen LogP contribution in [0.2, 0.25) is 0 Å². The maximum Gasteiger partial charge on any atom is 0.332 e. The molecule has 712 valence electrons. The molecular weight excluding hydrogens is 1690 g/mol. The second-order valence-electron chi connectivity index (χ2n) is 34.5. The van der Waals surface area contributed by atoms with Gasteiger partial charge < -0.3 is 144 Å². The number of aliphatic hydroxyl groups is 10. The first-order chi connectivity index (χ1) is 59.8. The van der Waals surface area contributed by atoms with Crippen LogP contribution in [0.4, 0.5) is 0 Å². The molecule has 0 aromatic heterocycles. The van der Waals surface area contributed by atoms with Crippen molar-refractivity contribution in [3.05, 3.63) is 0 Å². The number of rotatable bonds is 46. The van der Waals surface area contributed by atoms with Crippen molar-refractivity contribution in [1.29, 1.82) is 0 Å². The SMILES string of the molecule is CC1CCC[C@@H](O[C@@H]2OC(CO)[C@H](O)C(O[C@@H](CC3CCCCC3)C(=O)O)C2NC(=O)CSC2CC(=O)N(CCC(=O)NCCOCCOCCOCCNC(=O)CCN3C(=O)CC(SCC(=O)NC4C(O[C@@H](CC5CCCCC5)C(=O)O)[C@@H](O)C(CO)O[C@H]4O[C@@H]4CCCC(C)C4O[C@@H]4OC(C)[C@@H](O)C(O)C4O)C3=O)C2=O)C1O[C@@H]1OC(C)[C@@H](O)C(O)C1O. The number of nitrogens with zero attached hydrogens (tertiary/aromatic N) is 2. The average Bonchev–Trinajstić information content (AvgIpc) is 1.77. The fraction of sp³-hybridized carbons (Fsp3) is 0.878. The molecule has 4 aliphatic carbocycles. The molecule has 6 heterocycles. The van der Waals surface area contributed by atoms with E-state index >= 15 is 0 Å². The zero-order chi connectivity index (χ0) is 90.3. The van der Waals surface area contributed by atoms with E-state index < -0.39 is 254 Å². The number of carboxylic acids is 2. The molecule has 0 aromatic carbocycles. The lowest BCUT2D eigenvalue weighted by atomic mass is 9.85. The minimum Gasteiger partial charge on any atom is -0.479 e. The number of thioether (sulfide) groups is 2. The second kappa shape index (κ2) is 49.9. The number of ether oxygens (including phenoxy) is 13. The van der Waals surface area contributed by atoms with E-state index in [1.165, 1.54) is 13.8 Å². The van der Waals surface area contributed by atoms with Crippen molar-refractivity contribution in [2.24, 2.45) is 23.7 Å². The van der Waals surface area contributed by atoms with Gasteiger partial charge in [-0.05, 0) is 76.0 Å². The van der Waals surface area contributed by atoms with Gasteiger partial charge in [0.15, 0.2) is 37.4 Å². The molecule has 0 radical (unpaired) electrons. The van der Waals surface area contributed by atoms with Crippen LogP contribution in [0.25, 0.3) is 0 Å². The van der Waals surface area contributed by atoms with Crippen molar-refractivity contribution in [1.82, 2.24) is 31.1 Å². The Bertz CT molecular complexity index is 3250. The lowest BCUT2D eigenvalue weighted by Crippen LogP contribution is -2.67. The van der Waals surface area contributed by atoms with Gasteiger partial charge in [0.05, 0.1) is 111 Å². The van der Waals surface area contributed by atoms with Gasteiger partial charge in [-0.1, -0.05) is 90.9 Å². The fourth-order valence-corrected chi connectivity index (χ4v) is 20.0. The Morgan fingerprint density at radius 2 is 0.792 bits per heavy atom. The molecule has 43 heteroatoms. The normalized spacial score (nSPS) is 36.3. The molecule has 0 bridgehead atoms. The Morgan fingerprint density at radius 1 is 0.424 bits per heavy atom. The van der Waals surface area contributed by atoms with Gasteiger partial charge in [-0.3, -0.25) is 48.2 Å². The summed E-state index contributed by atoms with van der Waals surface area (Å²) >= 11 is 1.69. The maximum atomic E-state index is 14.1. The first-order valence-electron chi connectivity index (χ1n) is 44.3. The van der Waals surface area contributed by atoms with Gasteiger partial charge in [-0.25, -0.2) is 9.59 Å². The summed E-state index contributed by atoms with van der Waals surface area (Å²) in [6, 6.07) is -2.90. The highest BCUT2D eigenvalue weighted by Gasteiger charge is 2.56. The van der Waals surface area contributed by atoms with Gasteiger partial charge >= 0.3 is 11.9 Å². The number of aliphatic carboxylic acids is 2. The maximum absolute atomic E-state index is 14.1. The molecule has 10 aliphatic rings. The summed E-state index contributed by atoms with van der Waals surface area (Å²) in [5.74, 6) is -8.86. The summed E-state index contributed by atoms with van der Waals surface area (Å²) in [6.45, 7) is 5.69. The van der Waals surface area contributed by atoms with Gasteiger partial charge in [0.2, 0.25) is 47.3 Å². The van der Waals surface area contributed by atoms with Crippen LogP contribution in [0.15, 0.2) is 0 Å². The van der Waals surface area contributed by atoms with Gasteiger partial charge in [-0.2, -0.15) is 0 Å². The molecule has 30 atom stereocenters. The van der Waals surface area contributed by atoms with Crippen LogP contribution in [-0.2, 0) is 110 Å². The Kier molecular flexibility index (Phi) is 40.7. The molecule has 18 unspecified atom stereocenters. The van der Waals surface area contributed by atoms with E-state index in [1.807, 2.05) is 13.8 Å². The summed E-state index contributed by atoms with van der Waals surface area (Å²) in [5, 5.41) is 138. The lowest BCUT2D eigenvalue weighted by molar-refractivity contribution is -0.336. The molecule has 41 nitrogen and oxygen atoms in total. The van der Waals surface area contributed by atoms with E-state index in [0.29, 0.717) is 38.5 Å². The van der Waals surface area contributed by atoms with E-state index in [-0.39, 0.29) is 128 Å². The monoisotopic (exact) mass is 1820 g/mol. The van der Waals surface area contributed by atoms with Crippen LogP contribution in [0.1, 0.15) is 169 Å². The number of amides is 8. The molecule has 125 heavy (non-hydrogen) atoms. The van der Waals surface area contributed by atoms with Crippen molar-refractivity contribution >= 4 is 82.7 Å². The quantitative estimate of drug-likeness (QED) is 0.0219. The Hall–Kier alpha value is -5.12. The number of likely N-dealkylation sites (tertiary alicyclic amines) is 2. The topological polar surface area (TPSA) is 588 Å². The number of aliphatic hydroxyl groups excluding tert-OH is 10. The first-order valence-corrected chi connectivity index (χ1v) is 46.4. The minimum absolute atomic E-state index is 0.00385. The molecule has 6 saturated heterocycles. The van der Waals surface area contributed by atoms with Crippen molar-refractivity contribution in [3.8, 4) is 0 Å². The van der Waals surface area contributed by atoms with Crippen molar-refractivity contribution < 1.29 is 171 Å². The summed E-state index contributed by atoms with van der Waals surface area (Å²) in [6.07, 6.45) is -21.7. The van der Waals surface area contributed by atoms with Crippen LogP contribution in [0, 0.1) is 23.7 Å². The van der Waals surface area contributed by atoms with Gasteiger partial charge in [-0.15, -0.1) is 23.5 Å². The van der Waals surface area contributed by atoms with E-state index in [9.17, 15) is 109 Å². The molecule has 10 fully saturated rings. The third-order valence-electron chi connectivity index (χ3n) is 25.3. The number of carbonyl (C=O) groups excluding carboxylic acids is 8. The van der Waals surface area contributed by atoms with Crippen LogP contribution < -0.4 is 21.3 Å². The lowest BCUT2D eigenvalue weighted by Gasteiger charge is -2.48. The number of nitrogens with one attached hydrogen (secondary N) is 4. The van der Waals surface area contributed by atoms with Crippen LogP contribution in [0.3, 0.4) is 0 Å². The van der Waals surface area contributed by atoms with E-state index in [2.05, 4.69) is 21.3 Å². The highest BCUT2D eigenvalue weighted by molar-refractivity contribution is 8.01. The largest absolute Gasteiger partial charge is 0.479 e. The van der Waals surface area contributed by atoms with Gasteiger partial charge in [0.1, 0.15) is 85.3 Å². The molecule has 6 aliphatic heterocycles. The zero-order valence-corrected chi connectivity index (χ0v) is 73.0. The highest BCUT2D eigenvalue weighted by atomic mass is 32.2. The molecule has 10 rings (SSSR count). The molecule has 16 N–H and O–H groups in total. The number of imide groups is 2. The number of hydrogen-bond acceptors (Lipinski definition) is 35. The summed E-state index contributed by atoms with van der Waals surface area (Å²) in [4.78, 5) is 135. The predicted octanol–water partition coefficient (Wildman–Crippen LogP) is -2.65. The first kappa shape index (κ1) is 102. The smallest absolute Gasteiger partial charge is 0.332 e. The molecule has 0 aromatic rings. The highest BCUT2D eigenvalue weighted by Crippen LogP contribution is 2.41. The summed E-state index contributed by atoms with van der Waals surface area (Å²) in [5.41, 5.74) is 0. The van der Waals surface area contributed by atoms with Crippen molar-refractivity contribution in [3.63, 3.8) is 0 Å². The average molecular weight is 1830 g/mol. The molecule has 4 saturated carbocycles. The van der Waals surface area contributed by atoms with Crippen LogP contribution in [0.5, 0.6) is 0 Å². The van der Waals surface area contributed by atoms with E-state index in [1.54, 1.807) is 0 Å². The molecule has 0 spiro atoms. The fourth-order valence-electron chi connectivity index (χ4n) is 18.1. The van der Waals surface area contributed by atoms with E-state index in [0.717, 1.165) is 97.5 Å². The molecule has 8 amide bonds. The third kappa shape index (κ3) is 28.5. The van der Waals surface area contributed by atoms with Crippen LogP contribution >= 0.6 is 23.5 Å². The third-order valence-corrected chi connectivity index (χ3v) is 27.7. The predicted molar refractivity (Wildman–Crippen MR) is 435 cm³/mol. The Morgan fingerprint density at radius 3 is 1.15 bits per heavy atom. The number of hydrogen-bond donors (Lipinski definition) is 16. The summed E-state index contributed by atoms with van der Waals surface area (Å²) < 4.78 is 79.0. The van der Waals surface area contributed by atoms with Gasteiger partial charge in [0, 0.05) is 51.9 Å². The van der Waals surface area contributed by atoms with Crippen molar-refractivity contribution in [2.45, 2.75) is 339 Å². The van der Waals surface area contributed by atoms with E-state index in [4.69, 9.17) is 61.6 Å². The number of carboxylic acid groups (broad SMARTS) is 2.